The first kappa shape index (κ1) is 17.6. The summed E-state index contributed by atoms with van der Waals surface area (Å²) >= 11 is 4.09. The van der Waals surface area contributed by atoms with Gasteiger partial charge in [0, 0.05) is 0 Å². The summed E-state index contributed by atoms with van der Waals surface area (Å²) in [5.74, 6) is 0.909. The largest absolute Gasteiger partial charge is 0.494 e. The highest BCUT2D eigenvalue weighted by Crippen LogP contribution is 2.37. The second-order valence-corrected chi connectivity index (χ2v) is 8.02. The van der Waals surface area contributed by atoms with E-state index in [2.05, 4.69) is 22.3 Å². The second-order valence-electron chi connectivity index (χ2n) is 5.16. The predicted octanol–water partition coefficient (Wildman–Crippen LogP) is 2.34. The van der Waals surface area contributed by atoms with Gasteiger partial charge in [0.2, 0.25) is 10.0 Å². The van der Waals surface area contributed by atoms with E-state index in [1.165, 1.54) is 14.2 Å². The first-order chi connectivity index (χ1) is 9.62. The van der Waals surface area contributed by atoms with Crippen LogP contribution in [-0.4, -0.2) is 32.6 Å². The summed E-state index contributed by atoms with van der Waals surface area (Å²) in [4.78, 5) is 4.14. The number of rotatable bonds is 4. The quantitative estimate of drug-likeness (QED) is 0.504. The average molecular weight is 332 g/mol. The molecule has 0 saturated carbocycles. The standard InChI is InChI=1S/C13H20N2O4S2/c1-13(2,3)21(16,17)15-12(20)14-11-9(18-4)7-6-8-10(11)19-5/h6-8H,1-5H3,(H2,14,15,20). The lowest BCUT2D eigenvalue weighted by atomic mass is 10.2. The SMILES string of the molecule is COc1cccc(OC)c1/N=C(/S)NS(=O)(=O)C(C)(C)C. The minimum atomic E-state index is -3.60. The molecule has 8 heteroatoms. The van der Waals surface area contributed by atoms with Gasteiger partial charge in [0.15, 0.2) is 5.17 Å². The summed E-state index contributed by atoms with van der Waals surface area (Å²) in [6, 6.07) is 5.13. The highest BCUT2D eigenvalue weighted by atomic mass is 32.2. The minimum absolute atomic E-state index is 0.0623. The summed E-state index contributed by atoms with van der Waals surface area (Å²) < 4.78 is 35.8. The first-order valence-corrected chi connectivity index (χ1v) is 8.06. The third-order valence-electron chi connectivity index (χ3n) is 2.65. The summed E-state index contributed by atoms with van der Waals surface area (Å²) in [5, 5.41) is -0.0623. The lowest BCUT2D eigenvalue weighted by Gasteiger charge is -2.20. The maximum absolute atomic E-state index is 12.1. The van der Waals surface area contributed by atoms with E-state index in [1.54, 1.807) is 39.0 Å². The van der Waals surface area contributed by atoms with E-state index in [1.807, 2.05) is 0 Å². The monoisotopic (exact) mass is 332 g/mol. The number of nitrogens with one attached hydrogen (secondary N) is 1. The van der Waals surface area contributed by atoms with Crippen LogP contribution in [-0.2, 0) is 10.0 Å². The van der Waals surface area contributed by atoms with E-state index < -0.39 is 14.8 Å². The third-order valence-corrected chi connectivity index (χ3v) is 5.09. The van der Waals surface area contributed by atoms with Gasteiger partial charge in [-0.15, -0.1) is 12.6 Å². The average Bonchev–Trinajstić information content (AvgIpc) is 2.36. The van der Waals surface area contributed by atoms with Crippen molar-refractivity contribution in [2.24, 2.45) is 4.99 Å². The van der Waals surface area contributed by atoms with Gasteiger partial charge in [0.05, 0.1) is 19.0 Å². The van der Waals surface area contributed by atoms with Crippen LogP contribution >= 0.6 is 12.6 Å². The van der Waals surface area contributed by atoms with Crippen molar-refractivity contribution in [1.82, 2.24) is 4.72 Å². The van der Waals surface area contributed by atoms with Crippen LogP contribution in [0.2, 0.25) is 0 Å². The molecule has 1 aromatic rings. The lowest BCUT2D eigenvalue weighted by Crippen LogP contribution is -2.40. The van der Waals surface area contributed by atoms with Crippen molar-refractivity contribution in [2.45, 2.75) is 25.5 Å². The maximum Gasteiger partial charge on any atom is 0.239 e. The summed E-state index contributed by atoms with van der Waals surface area (Å²) in [5.41, 5.74) is 0.365. The molecule has 21 heavy (non-hydrogen) atoms. The molecule has 0 aliphatic rings. The molecule has 0 radical (unpaired) electrons. The fourth-order valence-corrected chi connectivity index (χ4v) is 2.40. The molecular weight excluding hydrogens is 312 g/mol. The van der Waals surface area contributed by atoms with Gasteiger partial charge in [-0.2, -0.15) is 0 Å². The molecule has 0 atom stereocenters. The number of hydrogen-bond acceptors (Lipinski definition) is 5. The van der Waals surface area contributed by atoms with Gasteiger partial charge < -0.3 is 9.47 Å². The van der Waals surface area contributed by atoms with Crippen molar-refractivity contribution in [1.29, 1.82) is 0 Å². The number of nitrogens with zero attached hydrogens (tertiary/aromatic N) is 1. The number of aliphatic imine (C=N–C) groups is 1. The van der Waals surface area contributed by atoms with Gasteiger partial charge in [-0.3, -0.25) is 4.72 Å². The Hall–Kier alpha value is -1.41. The zero-order chi connectivity index (χ0) is 16.3. The molecule has 0 aromatic heterocycles. The number of hydrogen-bond donors (Lipinski definition) is 2. The van der Waals surface area contributed by atoms with Gasteiger partial charge in [-0.05, 0) is 32.9 Å². The molecule has 0 heterocycles. The summed E-state index contributed by atoms with van der Waals surface area (Å²) in [7, 11) is -0.612. The van der Waals surface area contributed by atoms with E-state index in [0.29, 0.717) is 17.2 Å². The summed E-state index contributed by atoms with van der Waals surface area (Å²) in [6.07, 6.45) is 0. The number of ether oxygens (including phenoxy) is 2. The Labute approximate surface area is 131 Å². The van der Waals surface area contributed by atoms with Crippen molar-refractivity contribution in [3.05, 3.63) is 18.2 Å². The van der Waals surface area contributed by atoms with Crippen LogP contribution in [0.3, 0.4) is 0 Å². The number of sulfonamides is 1. The van der Waals surface area contributed by atoms with Crippen LogP contribution in [0.4, 0.5) is 5.69 Å². The Morgan fingerprint density at radius 3 is 2.05 bits per heavy atom. The van der Waals surface area contributed by atoms with Crippen LogP contribution < -0.4 is 14.2 Å². The molecule has 0 fully saturated rings. The molecule has 0 saturated heterocycles. The van der Waals surface area contributed by atoms with Crippen LogP contribution in [0.25, 0.3) is 0 Å². The Morgan fingerprint density at radius 2 is 1.67 bits per heavy atom. The Balaban J connectivity index is 3.20. The van der Waals surface area contributed by atoms with Crippen molar-refractivity contribution >= 4 is 33.5 Å². The normalized spacial score (nSPS) is 13.0. The van der Waals surface area contributed by atoms with Gasteiger partial charge in [-0.25, -0.2) is 13.4 Å². The molecular formula is C13H20N2O4S2. The molecule has 0 aliphatic heterocycles. The molecule has 1 aromatic carbocycles. The molecule has 1 N–H and O–H groups in total. The van der Waals surface area contributed by atoms with E-state index in [-0.39, 0.29) is 5.17 Å². The van der Waals surface area contributed by atoms with Gasteiger partial charge in [0.25, 0.3) is 0 Å². The van der Waals surface area contributed by atoms with Gasteiger partial charge in [0.1, 0.15) is 17.2 Å². The molecule has 0 amide bonds. The van der Waals surface area contributed by atoms with Crippen molar-refractivity contribution in [2.75, 3.05) is 14.2 Å². The highest BCUT2D eigenvalue weighted by Gasteiger charge is 2.29. The Bertz CT molecular complexity index is 612. The fourth-order valence-electron chi connectivity index (χ4n) is 1.34. The zero-order valence-electron chi connectivity index (χ0n) is 12.7. The van der Waals surface area contributed by atoms with Crippen LogP contribution in [0.1, 0.15) is 20.8 Å². The lowest BCUT2D eigenvalue weighted by molar-refractivity contribution is 0.397. The van der Waals surface area contributed by atoms with E-state index >= 15 is 0 Å². The van der Waals surface area contributed by atoms with Crippen molar-refractivity contribution in [3.8, 4) is 11.5 Å². The van der Waals surface area contributed by atoms with Crippen molar-refractivity contribution < 1.29 is 17.9 Å². The first-order valence-electron chi connectivity index (χ1n) is 6.13. The number of para-hydroxylation sites is 1. The van der Waals surface area contributed by atoms with Gasteiger partial charge >= 0.3 is 0 Å². The highest BCUT2D eigenvalue weighted by molar-refractivity contribution is 8.00. The second kappa shape index (κ2) is 6.57. The van der Waals surface area contributed by atoms with Crippen LogP contribution in [0, 0.1) is 0 Å². The number of amidine groups is 1. The molecule has 0 bridgehead atoms. The molecule has 1 rings (SSSR count). The number of thiol groups is 1. The smallest absolute Gasteiger partial charge is 0.239 e. The number of methoxy groups -OCH3 is 2. The van der Waals surface area contributed by atoms with Crippen LogP contribution in [0.15, 0.2) is 23.2 Å². The Kier molecular flexibility index (Phi) is 5.52. The summed E-state index contributed by atoms with van der Waals surface area (Å²) in [6.45, 7) is 4.75. The van der Waals surface area contributed by atoms with E-state index in [0.717, 1.165) is 0 Å². The van der Waals surface area contributed by atoms with Crippen molar-refractivity contribution in [3.63, 3.8) is 0 Å². The van der Waals surface area contributed by atoms with Crippen LogP contribution in [0.5, 0.6) is 11.5 Å². The molecule has 0 unspecified atom stereocenters. The third kappa shape index (κ3) is 4.28. The van der Waals surface area contributed by atoms with E-state index in [4.69, 9.17) is 9.47 Å². The fraction of sp³-hybridized carbons (Fsp3) is 0.462. The Morgan fingerprint density at radius 1 is 1.19 bits per heavy atom. The minimum Gasteiger partial charge on any atom is -0.494 e. The number of benzene rings is 1. The molecule has 0 aliphatic carbocycles. The molecule has 118 valence electrons. The topological polar surface area (TPSA) is 77.0 Å². The molecule has 6 nitrogen and oxygen atoms in total. The zero-order valence-corrected chi connectivity index (χ0v) is 14.4. The van der Waals surface area contributed by atoms with Gasteiger partial charge in [-0.1, -0.05) is 6.07 Å². The maximum atomic E-state index is 12.1. The molecule has 0 spiro atoms. The van der Waals surface area contributed by atoms with E-state index in [9.17, 15) is 8.42 Å². The predicted molar refractivity (Wildman–Crippen MR) is 87.4 cm³/mol.